The van der Waals surface area contributed by atoms with Crippen LogP contribution in [0.3, 0.4) is 0 Å². The Labute approximate surface area is 156 Å². The van der Waals surface area contributed by atoms with Crippen molar-refractivity contribution in [1.82, 2.24) is 25.2 Å². The smallest absolute Gasteiger partial charge is 0.191 e. The fourth-order valence-electron chi connectivity index (χ4n) is 3.61. The van der Waals surface area contributed by atoms with Crippen molar-refractivity contribution in [3.8, 4) is 5.82 Å². The maximum absolute atomic E-state index is 4.39. The van der Waals surface area contributed by atoms with Crippen LogP contribution in [0.5, 0.6) is 0 Å². The summed E-state index contributed by atoms with van der Waals surface area (Å²) in [4.78, 5) is 12.9. The van der Waals surface area contributed by atoms with Gasteiger partial charge in [-0.15, -0.1) is 0 Å². The van der Waals surface area contributed by atoms with Crippen molar-refractivity contribution in [2.45, 2.75) is 52.1 Å². The van der Waals surface area contributed by atoms with E-state index in [1.54, 1.807) is 12.5 Å². The molecule has 2 aromatic rings. The van der Waals surface area contributed by atoms with Crippen molar-refractivity contribution in [1.29, 1.82) is 0 Å². The monoisotopic (exact) mass is 354 g/mol. The fraction of sp³-hybridized carbons (Fsp3) is 0.550. The van der Waals surface area contributed by atoms with Crippen LogP contribution in [0.15, 0.2) is 42.0 Å². The van der Waals surface area contributed by atoms with Gasteiger partial charge in [0.25, 0.3) is 0 Å². The molecule has 2 heterocycles. The number of pyridine rings is 1. The van der Waals surface area contributed by atoms with Crippen LogP contribution in [0, 0.1) is 11.8 Å². The molecule has 0 atom stereocenters. The maximum atomic E-state index is 4.39. The quantitative estimate of drug-likeness (QED) is 0.639. The highest BCUT2D eigenvalue weighted by molar-refractivity contribution is 5.79. The van der Waals surface area contributed by atoms with E-state index in [-0.39, 0.29) is 0 Å². The number of hydrogen-bond acceptors (Lipinski definition) is 3. The van der Waals surface area contributed by atoms with Crippen LogP contribution in [0.2, 0.25) is 0 Å². The number of nitrogens with one attached hydrogen (secondary N) is 2. The molecule has 0 aliphatic heterocycles. The number of hydrogen-bond donors (Lipinski definition) is 2. The predicted molar refractivity (Wildman–Crippen MR) is 105 cm³/mol. The number of aliphatic imine (C=N–C) groups is 1. The zero-order chi connectivity index (χ0) is 18.4. The normalized spacial score (nSPS) is 21.0. The highest BCUT2D eigenvalue weighted by Crippen LogP contribution is 2.29. The lowest BCUT2D eigenvalue weighted by Crippen LogP contribution is -2.44. The van der Waals surface area contributed by atoms with Crippen LogP contribution < -0.4 is 10.6 Å². The van der Waals surface area contributed by atoms with Crippen molar-refractivity contribution in [2.24, 2.45) is 16.8 Å². The zero-order valence-electron chi connectivity index (χ0n) is 16.0. The first-order valence-electron chi connectivity index (χ1n) is 9.56. The molecule has 3 rings (SSSR count). The van der Waals surface area contributed by atoms with Crippen LogP contribution in [-0.2, 0) is 6.54 Å². The largest absolute Gasteiger partial charge is 0.354 e. The van der Waals surface area contributed by atoms with E-state index >= 15 is 0 Å². The molecule has 6 heteroatoms. The molecule has 1 fully saturated rings. The van der Waals surface area contributed by atoms with Crippen molar-refractivity contribution < 1.29 is 0 Å². The van der Waals surface area contributed by atoms with Gasteiger partial charge in [0.1, 0.15) is 12.1 Å². The van der Waals surface area contributed by atoms with Gasteiger partial charge in [-0.1, -0.05) is 13.8 Å². The second-order valence-electron chi connectivity index (χ2n) is 7.42. The van der Waals surface area contributed by atoms with E-state index in [2.05, 4.69) is 45.5 Å². The Balaban J connectivity index is 1.51. The first kappa shape index (κ1) is 18.4. The van der Waals surface area contributed by atoms with E-state index in [0.29, 0.717) is 12.6 Å². The topological polar surface area (TPSA) is 67.1 Å². The molecule has 0 spiro atoms. The molecule has 0 bridgehead atoms. The van der Waals surface area contributed by atoms with E-state index in [1.165, 1.54) is 25.7 Å². The average Bonchev–Trinajstić information content (AvgIpc) is 3.20. The molecule has 0 saturated heterocycles. The van der Waals surface area contributed by atoms with Gasteiger partial charge >= 0.3 is 0 Å². The minimum Gasteiger partial charge on any atom is -0.354 e. The van der Waals surface area contributed by atoms with Crippen LogP contribution in [0.4, 0.5) is 0 Å². The van der Waals surface area contributed by atoms with Crippen LogP contribution in [-0.4, -0.2) is 33.6 Å². The number of imidazole rings is 1. The Bertz CT molecular complexity index is 699. The lowest BCUT2D eigenvalue weighted by atomic mass is 9.80. The van der Waals surface area contributed by atoms with Crippen molar-refractivity contribution in [3.05, 3.63) is 42.6 Å². The van der Waals surface area contributed by atoms with Crippen LogP contribution in [0.1, 0.15) is 45.1 Å². The maximum Gasteiger partial charge on any atom is 0.191 e. The molecule has 0 unspecified atom stereocenters. The van der Waals surface area contributed by atoms with Gasteiger partial charge in [0.15, 0.2) is 5.96 Å². The first-order valence-corrected chi connectivity index (χ1v) is 9.56. The molecule has 2 N–H and O–H groups in total. The number of aromatic nitrogens is 3. The summed E-state index contributed by atoms with van der Waals surface area (Å²) in [6, 6.07) is 4.61. The summed E-state index contributed by atoms with van der Waals surface area (Å²) in [5, 5.41) is 7.01. The Hall–Kier alpha value is -2.37. The third kappa shape index (κ3) is 4.84. The van der Waals surface area contributed by atoms with Gasteiger partial charge in [-0.2, -0.15) is 0 Å². The van der Waals surface area contributed by atoms with Gasteiger partial charge < -0.3 is 10.6 Å². The van der Waals surface area contributed by atoms with Gasteiger partial charge in [-0.05, 0) is 55.2 Å². The van der Waals surface area contributed by atoms with Crippen molar-refractivity contribution in [2.75, 3.05) is 7.05 Å². The molecular formula is C20H30N6. The molecule has 0 aromatic carbocycles. The minimum atomic E-state index is 0.523. The van der Waals surface area contributed by atoms with E-state index in [9.17, 15) is 0 Å². The first-order chi connectivity index (χ1) is 12.7. The summed E-state index contributed by atoms with van der Waals surface area (Å²) in [5.41, 5.74) is 1.16. The zero-order valence-corrected chi connectivity index (χ0v) is 16.0. The SMILES string of the molecule is CN=C(NCc1ccnc(-n2ccnc2)c1)NC1CCC(C(C)C)CC1. The molecule has 6 nitrogen and oxygen atoms in total. The van der Waals surface area contributed by atoms with Crippen LogP contribution >= 0.6 is 0 Å². The Morgan fingerprint density at radius 1 is 1.27 bits per heavy atom. The van der Waals surface area contributed by atoms with Gasteiger partial charge in [-0.3, -0.25) is 9.56 Å². The summed E-state index contributed by atoms with van der Waals surface area (Å²) in [7, 11) is 1.83. The second kappa shape index (κ2) is 8.83. The lowest BCUT2D eigenvalue weighted by molar-refractivity contribution is 0.250. The summed E-state index contributed by atoms with van der Waals surface area (Å²) >= 11 is 0. The molecular weight excluding hydrogens is 324 g/mol. The highest BCUT2D eigenvalue weighted by atomic mass is 15.2. The number of nitrogens with zero attached hydrogens (tertiary/aromatic N) is 4. The molecule has 1 aliphatic carbocycles. The number of rotatable bonds is 5. The van der Waals surface area contributed by atoms with Gasteiger partial charge in [-0.25, -0.2) is 9.97 Å². The number of guanidine groups is 1. The Morgan fingerprint density at radius 3 is 2.73 bits per heavy atom. The minimum absolute atomic E-state index is 0.523. The third-order valence-electron chi connectivity index (χ3n) is 5.32. The molecule has 2 aromatic heterocycles. The van der Waals surface area contributed by atoms with Gasteiger partial charge in [0.2, 0.25) is 0 Å². The molecule has 140 valence electrons. The van der Waals surface area contributed by atoms with Crippen molar-refractivity contribution >= 4 is 5.96 Å². The predicted octanol–water partition coefficient (Wildman–Crippen LogP) is 3.15. The molecule has 0 radical (unpaired) electrons. The van der Waals surface area contributed by atoms with E-state index in [0.717, 1.165) is 29.2 Å². The lowest BCUT2D eigenvalue weighted by Gasteiger charge is -2.32. The van der Waals surface area contributed by atoms with Gasteiger partial charge in [0, 0.05) is 38.2 Å². The summed E-state index contributed by atoms with van der Waals surface area (Å²) in [5.74, 6) is 3.42. The standard InChI is InChI=1S/C20H30N6/c1-15(2)17-4-6-18(7-5-17)25-20(21-3)24-13-16-8-9-23-19(12-16)26-11-10-22-14-26/h8-12,14-15,17-18H,4-7,13H2,1-3H3,(H2,21,24,25). The summed E-state index contributed by atoms with van der Waals surface area (Å²) < 4.78 is 1.91. The molecule has 1 aliphatic rings. The van der Waals surface area contributed by atoms with E-state index < -0.39 is 0 Å². The van der Waals surface area contributed by atoms with Gasteiger partial charge in [0.05, 0.1) is 0 Å². The Kier molecular flexibility index (Phi) is 6.26. The second-order valence-corrected chi connectivity index (χ2v) is 7.42. The van der Waals surface area contributed by atoms with E-state index in [1.807, 2.05) is 30.1 Å². The highest BCUT2D eigenvalue weighted by Gasteiger charge is 2.23. The van der Waals surface area contributed by atoms with Crippen LogP contribution in [0.25, 0.3) is 5.82 Å². The average molecular weight is 355 g/mol. The molecule has 0 amide bonds. The summed E-state index contributed by atoms with van der Waals surface area (Å²) in [6.45, 7) is 5.39. The Morgan fingerprint density at radius 2 is 2.08 bits per heavy atom. The third-order valence-corrected chi connectivity index (χ3v) is 5.32. The van der Waals surface area contributed by atoms with E-state index in [4.69, 9.17) is 0 Å². The van der Waals surface area contributed by atoms with Crippen molar-refractivity contribution in [3.63, 3.8) is 0 Å². The summed E-state index contributed by atoms with van der Waals surface area (Å²) in [6.07, 6.45) is 12.3. The molecule has 1 saturated carbocycles. The molecule has 26 heavy (non-hydrogen) atoms. The fourth-order valence-corrected chi connectivity index (χ4v) is 3.61.